The van der Waals surface area contributed by atoms with Crippen molar-refractivity contribution >= 4 is 33.3 Å². The van der Waals surface area contributed by atoms with Crippen molar-refractivity contribution in [3.8, 4) is 22.5 Å². The molecule has 4 nitrogen and oxygen atoms in total. The van der Waals surface area contributed by atoms with Crippen LogP contribution >= 0.6 is 11.3 Å². The summed E-state index contributed by atoms with van der Waals surface area (Å²) in [5, 5.41) is 6.41. The molecule has 0 fully saturated rings. The molecule has 5 rings (SSSR count). The fraction of sp³-hybridized carbons (Fsp3) is 0.194. The Morgan fingerprint density at radius 3 is 2.47 bits per heavy atom. The van der Waals surface area contributed by atoms with Crippen LogP contribution in [0.3, 0.4) is 0 Å². The molecule has 5 aromatic rings. The van der Waals surface area contributed by atoms with Gasteiger partial charge in [-0.1, -0.05) is 80.1 Å². The second-order valence-corrected chi connectivity index (χ2v) is 10.2. The van der Waals surface area contributed by atoms with Gasteiger partial charge in [0.2, 0.25) is 0 Å². The number of rotatable bonds is 6. The zero-order valence-corrected chi connectivity index (χ0v) is 21.8. The van der Waals surface area contributed by atoms with Gasteiger partial charge in [-0.3, -0.25) is 10.1 Å². The molecule has 2 aromatic heterocycles. The molecular formula is C31H29N3OS. The highest BCUT2D eigenvalue weighted by atomic mass is 32.1. The van der Waals surface area contributed by atoms with Crippen LogP contribution in [0.15, 0.2) is 78.2 Å². The van der Waals surface area contributed by atoms with E-state index < -0.39 is 0 Å². The van der Waals surface area contributed by atoms with Gasteiger partial charge in [-0.25, -0.2) is 9.97 Å². The van der Waals surface area contributed by atoms with E-state index in [2.05, 4.69) is 75.5 Å². The molecule has 0 aliphatic carbocycles. The van der Waals surface area contributed by atoms with Crippen molar-refractivity contribution in [1.82, 2.24) is 9.97 Å². The van der Waals surface area contributed by atoms with E-state index >= 15 is 0 Å². The molecule has 0 bridgehead atoms. The van der Waals surface area contributed by atoms with Crippen molar-refractivity contribution in [1.29, 1.82) is 0 Å². The van der Waals surface area contributed by atoms with E-state index in [1.807, 2.05) is 35.7 Å². The third-order valence-electron chi connectivity index (χ3n) is 6.73. The predicted octanol–water partition coefficient (Wildman–Crippen LogP) is 8.41. The predicted molar refractivity (Wildman–Crippen MR) is 151 cm³/mol. The van der Waals surface area contributed by atoms with E-state index in [0.29, 0.717) is 16.6 Å². The lowest BCUT2D eigenvalue weighted by atomic mass is 9.97. The number of amides is 1. The van der Waals surface area contributed by atoms with Crippen molar-refractivity contribution in [2.45, 2.75) is 40.0 Å². The average molecular weight is 492 g/mol. The number of hydrogen-bond acceptors (Lipinski definition) is 4. The lowest BCUT2D eigenvalue weighted by molar-refractivity contribution is 0.102. The summed E-state index contributed by atoms with van der Waals surface area (Å²) in [6.07, 6.45) is 1.11. The normalized spacial score (nSPS) is 12.0. The van der Waals surface area contributed by atoms with E-state index in [9.17, 15) is 4.79 Å². The Bertz CT molecular complexity index is 1550. The maximum absolute atomic E-state index is 13.5. The van der Waals surface area contributed by atoms with Crippen LogP contribution in [0.2, 0.25) is 0 Å². The Morgan fingerprint density at radius 1 is 0.944 bits per heavy atom. The second kappa shape index (κ2) is 10.0. The minimum absolute atomic E-state index is 0.187. The Morgan fingerprint density at radius 2 is 1.72 bits per heavy atom. The summed E-state index contributed by atoms with van der Waals surface area (Å²) in [6, 6.07) is 24.5. The van der Waals surface area contributed by atoms with E-state index in [1.165, 1.54) is 22.5 Å². The van der Waals surface area contributed by atoms with Crippen LogP contribution in [-0.2, 0) is 0 Å². The number of para-hydroxylation sites is 1. The number of aromatic nitrogens is 2. The standard InChI is InChI=1S/C31H29N3OS/c1-5-20(3)22-11-13-23(14-12-22)29-18-36-31(33-29)34-30(35)26-17-28(24-15-10-19(2)16-21(24)4)32-27-9-7-6-8-25(26)27/h6-18,20H,5H2,1-4H3,(H,33,34,35). The molecule has 0 aliphatic heterocycles. The summed E-state index contributed by atoms with van der Waals surface area (Å²) in [7, 11) is 0. The SMILES string of the molecule is CCC(C)c1ccc(-c2csc(NC(=O)c3cc(-c4ccc(C)cc4C)nc4ccccc34)n2)cc1. The van der Waals surface area contributed by atoms with Crippen molar-refractivity contribution in [3.05, 3.63) is 100 Å². The fourth-order valence-corrected chi connectivity index (χ4v) is 5.16. The largest absolute Gasteiger partial charge is 0.298 e. The number of hydrogen-bond donors (Lipinski definition) is 1. The number of benzene rings is 3. The number of nitrogens with zero attached hydrogens (tertiary/aromatic N) is 2. The third kappa shape index (κ3) is 4.79. The van der Waals surface area contributed by atoms with E-state index in [4.69, 9.17) is 9.97 Å². The number of pyridine rings is 1. The highest BCUT2D eigenvalue weighted by molar-refractivity contribution is 7.14. The fourth-order valence-electron chi connectivity index (χ4n) is 4.45. The monoisotopic (exact) mass is 491 g/mol. The highest BCUT2D eigenvalue weighted by Gasteiger charge is 2.17. The molecule has 3 aromatic carbocycles. The first-order valence-corrected chi connectivity index (χ1v) is 13.2. The van der Waals surface area contributed by atoms with Crippen molar-refractivity contribution < 1.29 is 4.79 Å². The van der Waals surface area contributed by atoms with Crippen LogP contribution < -0.4 is 5.32 Å². The van der Waals surface area contributed by atoms with Gasteiger partial charge >= 0.3 is 0 Å². The topological polar surface area (TPSA) is 54.9 Å². The Kier molecular flexibility index (Phi) is 6.66. The molecule has 5 heteroatoms. The summed E-state index contributed by atoms with van der Waals surface area (Å²) in [5.41, 5.74) is 8.76. The summed E-state index contributed by atoms with van der Waals surface area (Å²) in [4.78, 5) is 23.0. The lowest BCUT2D eigenvalue weighted by Gasteiger charge is -2.11. The van der Waals surface area contributed by atoms with Crippen LogP contribution in [0.5, 0.6) is 0 Å². The number of aryl methyl sites for hydroxylation is 2. The zero-order chi connectivity index (χ0) is 25.2. The summed E-state index contributed by atoms with van der Waals surface area (Å²) >= 11 is 1.43. The number of thiazole rings is 1. The van der Waals surface area contributed by atoms with E-state index in [1.54, 1.807) is 0 Å². The molecular weight excluding hydrogens is 462 g/mol. The minimum Gasteiger partial charge on any atom is -0.298 e. The van der Waals surface area contributed by atoms with E-state index in [0.717, 1.165) is 45.4 Å². The molecule has 0 spiro atoms. The number of carbonyl (C=O) groups is 1. The molecule has 0 aliphatic rings. The van der Waals surface area contributed by atoms with Gasteiger partial charge in [0.15, 0.2) is 5.13 Å². The number of fused-ring (bicyclic) bond motifs is 1. The van der Waals surface area contributed by atoms with Crippen molar-refractivity contribution in [2.24, 2.45) is 0 Å². The lowest BCUT2D eigenvalue weighted by Crippen LogP contribution is -2.13. The van der Waals surface area contributed by atoms with Gasteiger partial charge in [0.1, 0.15) is 0 Å². The van der Waals surface area contributed by atoms with Crippen molar-refractivity contribution in [2.75, 3.05) is 5.32 Å². The van der Waals surface area contributed by atoms with E-state index in [-0.39, 0.29) is 5.91 Å². The molecule has 1 amide bonds. The molecule has 36 heavy (non-hydrogen) atoms. The second-order valence-electron chi connectivity index (χ2n) is 9.31. The maximum atomic E-state index is 13.5. The van der Waals surface area contributed by atoms with Gasteiger partial charge in [-0.05, 0) is 49.4 Å². The Balaban J connectivity index is 1.45. The molecule has 180 valence electrons. The number of carbonyl (C=O) groups excluding carboxylic acids is 1. The molecule has 1 N–H and O–H groups in total. The van der Waals surface area contributed by atoms with Crippen molar-refractivity contribution in [3.63, 3.8) is 0 Å². The Labute approximate surface area is 216 Å². The van der Waals surface area contributed by atoms with Gasteiger partial charge in [0.25, 0.3) is 5.91 Å². The molecule has 1 atom stereocenters. The minimum atomic E-state index is -0.187. The molecule has 0 radical (unpaired) electrons. The molecule has 2 heterocycles. The van der Waals surface area contributed by atoms with Crippen LogP contribution in [0.4, 0.5) is 5.13 Å². The zero-order valence-electron chi connectivity index (χ0n) is 21.0. The maximum Gasteiger partial charge on any atom is 0.258 e. The third-order valence-corrected chi connectivity index (χ3v) is 7.49. The first-order chi connectivity index (χ1) is 17.4. The molecule has 1 unspecified atom stereocenters. The highest BCUT2D eigenvalue weighted by Crippen LogP contribution is 2.30. The Hall–Kier alpha value is -3.83. The van der Waals surface area contributed by atoms with Gasteiger partial charge in [0.05, 0.1) is 22.5 Å². The van der Waals surface area contributed by atoms with Crippen LogP contribution in [-0.4, -0.2) is 15.9 Å². The number of anilines is 1. The number of nitrogens with one attached hydrogen (secondary N) is 1. The van der Waals surface area contributed by atoms with Gasteiger partial charge in [0, 0.05) is 21.9 Å². The summed E-state index contributed by atoms with van der Waals surface area (Å²) in [5.74, 6) is 0.348. The first-order valence-electron chi connectivity index (χ1n) is 12.3. The molecule has 0 saturated heterocycles. The average Bonchev–Trinajstić information content (AvgIpc) is 3.36. The van der Waals surface area contributed by atoms with Gasteiger partial charge < -0.3 is 0 Å². The first kappa shape index (κ1) is 23.9. The summed E-state index contributed by atoms with van der Waals surface area (Å²) < 4.78 is 0. The molecule has 0 saturated carbocycles. The quantitative estimate of drug-likeness (QED) is 0.259. The smallest absolute Gasteiger partial charge is 0.258 e. The van der Waals surface area contributed by atoms with Gasteiger partial charge in [-0.2, -0.15) is 0 Å². The van der Waals surface area contributed by atoms with Crippen LogP contribution in [0.25, 0.3) is 33.4 Å². The van der Waals surface area contributed by atoms with Crippen LogP contribution in [0.1, 0.15) is 53.2 Å². The van der Waals surface area contributed by atoms with Crippen LogP contribution in [0, 0.1) is 13.8 Å². The van der Waals surface area contributed by atoms with Gasteiger partial charge in [-0.15, -0.1) is 11.3 Å². The summed E-state index contributed by atoms with van der Waals surface area (Å²) in [6.45, 7) is 8.59.